The highest BCUT2D eigenvalue weighted by molar-refractivity contribution is 7.12. The van der Waals surface area contributed by atoms with Crippen molar-refractivity contribution in [3.63, 3.8) is 0 Å². The minimum atomic E-state index is -0.416. The number of amides is 2. The van der Waals surface area contributed by atoms with Crippen molar-refractivity contribution in [1.82, 2.24) is 14.8 Å². The number of thiophene rings is 1. The maximum atomic E-state index is 13.7. The Balaban J connectivity index is 1.56. The van der Waals surface area contributed by atoms with Crippen molar-refractivity contribution in [3.8, 4) is 0 Å². The van der Waals surface area contributed by atoms with Crippen molar-refractivity contribution >= 4 is 23.2 Å². The first-order valence-electron chi connectivity index (χ1n) is 10.8. The highest BCUT2D eigenvalue weighted by Gasteiger charge is 2.37. The van der Waals surface area contributed by atoms with Crippen molar-refractivity contribution in [2.45, 2.75) is 45.3 Å². The fourth-order valence-electron chi connectivity index (χ4n) is 4.04. The van der Waals surface area contributed by atoms with Crippen LogP contribution in [0.25, 0.3) is 0 Å². The Kier molecular flexibility index (Phi) is 6.77. The van der Waals surface area contributed by atoms with Gasteiger partial charge in [-0.2, -0.15) is 0 Å². The molecular formula is C25H27N3O2S. The molecule has 6 heteroatoms. The van der Waals surface area contributed by atoms with E-state index in [4.69, 9.17) is 0 Å². The standard InChI is InChI=1S/C25H27N3O2S/c1-2-19-9-11-20(12-10-19)17-27(18-21-6-3-13-26-16-21)24(29)22-7-4-14-28(22)25(30)23-8-5-15-31-23/h3,5-6,8-13,15-16,22H,2,4,7,14,17-18H2,1H3/t22-/m0/s1. The van der Waals surface area contributed by atoms with Gasteiger partial charge in [-0.15, -0.1) is 11.3 Å². The van der Waals surface area contributed by atoms with Crippen LogP contribution >= 0.6 is 11.3 Å². The minimum absolute atomic E-state index is 0.00540. The van der Waals surface area contributed by atoms with Gasteiger partial charge in [0.05, 0.1) is 4.88 Å². The van der Waals surface area contributed by atoms with Crippen LogP contribution in [0, 0.1) is 0 Å². The Hall–Kier alpha value is -2.99. The topological polar surface area (TPSA) is 53.5 Å². The van der Waals surface area contributed by atoms with E-state index in [-0.39, 0.29) is 11.8 Å². The van der Waals surface area contributed by atoms with Crippen LogP contribution in [0.2, 0.25) is 0 Å². The van der Waals surface area contributed by atoms with Gasteiger partial charge < -0.3 is 9.80 Å². The number of pyridine rings is 1. The number of aromatic nitrogens is 1. The van der Waals surface area contributed by atoms with Crippen LogP contribution in [-0.4, -0.2) is 39.2 Å². The number of hydrogen-bond donors (Lipinski definition) is 0. The molecule has 1 fully saturated rings. The second-order valence-electron chi connectivity index (χ2n) is 7.86. The van der Waals surface area contributed by atoms with Crippen LogP contribution < -0.4 is 0 Å². The average Bonchev–Trinajstić information content (AvgIpc) is 3.51. The molecule has 1 aliphatic rings. The predicted molar refractivity (Wildman–Crippen MR) is 123 cm³/mol. The van der Waals surface area contributed by atoms with Gasteiger partial charge in [-0.25, -0.2) is 0 Å². The van der Waals surface area contributed by atoms with Gasteiger partial charge >= 0.3 is 0 Å². The summed E-state index contributed by atoms with van der Waals surface area (Å²) in [6.07, 6.45) is 6.06. The second-order valence-corrected chi connectivity index (χ2v) is 8.81. The van der Waals surface area contributed by atoms with E-state index < -0.39 is 6.04 Å². The summed E-state index contributed by atoms with van der Waals surface area (Å²) in [4.78, 5) is 35.2. The molecule has 3 heterocycles. The molecule has 2 amide bonds. The van der Waals surface area contributed by atoms with E-state index in [9.17, 15) is 9.59 Å². The summed E-state index contributed by atoms with van der Waals surface area (Å²) < 4.78 is 0. The molecule has 1 aromatic carbocycles. The first-order chi connectivity index (χ1) is 15.2. The third kappa shape index (κ3) is 5.02. The van der Waals surface area contributed by atoms with Crippen LogP contribution in [0.3, 0.4) is 0 Å². The van der Waals surface area contributed by atoms with Crippen molar-refractivity contribution in [2.24, 2.45) is 0 Å². The number of carbonyl (C=O) groups excluding carboxylic acids is 2. The Morgan fingerprint density at radius 3 is 2.52 bits per heavy atom. The summed E-state index contributed by atoms with van der Waals surface area (Å²) in [6, 6.07) is 15.6. The van der Waals surface area contributed by atoms with Gasteiger partial charge in [-0.3, -0.25) is 14.6 Å². The summed E-state index contributed by atoms with van der Waals surface area (Å²) >= 11 is 1.42. The molecule has 31 heavy (non-hydrogen) atoms. The number of benzene rings is 1. The maximum Gasteiger partial charge on any atom is 0.264 e. The fraction of sp³-hybridized carbons (Fsp3) is 0.320. The van der Waals surface area contributed by atoms with E-state index in [2.05, 4.69) is 36.2 Å². The molecule has 160 valence electrons. The molecule has 4 rings (SSSR count). The molecule has 1 atom stereocenters. The molecule has 1 saturated heterocycles. The molecule has 0 bridgehead atoms. The number of rotatable bonds is 7. The summed E-state index contributed by atoms with van der Waals surface area (Å²) in [5.74, 6) is -0.0368. The van der Waals surface area contributed by atoms with Crippen LogP contribution in [0.5, 0.6) is 0 Å². The Morgan fingerprint density at radius 2 is 1.84 bits per heavy atom. The summed E-state index contributed by atoms with van der Waals surface area (Å²) in [6.45, 7) is 3.74. The minimum Gasteiger partial charge on any atom is -0.332 e. The number of nitrogens with zero attached hydrogens (tertiary/aromatic N) is 3. The lowest BCUT2D eigenvalue weighted by Crippen LogP contribution is -2.47. The summed E-state index contributed by atoms with van der Waals surface area (Å²) in [5.41, 5.74) is 3.34. The number of hydrogen-bond acceptors (Lipinski definition) is 4. The van der Waals surface area contributed by atoms with Crippen molar-refractivity contribution < 1.29 is 9.59 Å². The Morgan fingerprint density at radius 1 is 1.06 bits per heavy atom. The quantitative estimate of drug-likeness (QED) is 0.550. The predicted octanol–water partition coefficient (Wildman–Crippen LogP) is 4.54. The third-order valence-corrected chi connectivity index (χ3v) is 6.60. The Bertz CT molecular complexity index is 1000. The lowest BCUT2D eigenvalue weighted by atomic mass is 10.1. The van der Waals surface area contributed by atoms with Crippen molar-refractivity contribution in [3.05, 3.63) is 87.9 Å². The van der Waals surface area contributed by atoms with Gasteiger partial charge in [-0.05, 0) is 53.5 Å². The van der Waals surface area contributed by atoms with Gasteiger partial charge in [0.15, 0.2) is 0 Å². The van der Waals surface area contributed by atoms with Gasteiger partial charge in [-0.1, -0.05) is 43.3 Å². The van der Waals surface area contributed by atoms with E-state index in [1.807, 2.05) is 34.5 Å². The van der Waals surface area contributed by atoms with Crippen molar-refractivity contribution in [1.29, 1.82) is 0 Å². The normalized spacial score (nSPS) is 15.8. The molecule has 0 aliphatic carbocycles. The fourth-order valence-corrected chi connectivity index (χ4v) is 4.72. The lowest BCUT2D eigenvalue weighted by Gasteiger charge is -2.30. The van der Waals surface area contributed by atoms with E-state index in [0.717, 1.165) is 24.0 Å². The van der Waals surface area contributed by atoms with Gasteiger partial charge in [0.2, 0.25) is 5.91 Å². The number of likely N-dealkylation sites (tertiary alicyclic amines) is 1. The molecule has 0 spiro atoms. The number of aryl methyl sites for hydroxylation is 1. The van der Waals surface area contributed by atoms with Crippen molar-refractivity contribution in [2.75, 3.05) is 6.54 Å². The molecule has 0 N–H and O–H groups in total. The maximum absolute atomic E-state index is 13.7. The van der Waals surface area contributed by atoms with Crippen LogP contribution in [0.1, 0.15) is 46.1 Å². The van der Waals surface area contributed by atoms with Gasteiger partial charge in [0, 0.05) is 32.0 Å². The summed E-state index contributed by atoms with van der Waals surface area (Å²) in [7, 11) is 0. The van der Waals surface area contributed by atoms with E-state index >= 15 is 0 Å². The zero-order valence-electron chi connectivity index (χ0n) is 17.7. The SMILES string of the molecule is CCc1ccc(CN(Cc2cccnc2)C(=O)[C@@H]2CCCN2C(=O)c2cccs2)cc1. The first kappa shape index (κ1) is 21.2. The first-order valence-corrected chi connectivity index (χ1v) is 11.6. The molecular weight excluding hydrogens is 406 g/mol. The molecule has 1 aliphatic heterocycles. The van der Waals surface area contributed by atoms with E-state index in [0.29, 0.717) is 30.9 Å². The van der Waals surface area contributed by atoms with E-state index in [1.54, 1.807) is 17.3 Å². The highest BCUT2D eigenvalue weighted by atomic mass is 32.1. The third-order valence-electron chi connectivity index (χ3n) is 5.74. The van der Waals surface area contributed by atoms with Crippen LogP contribution in [-0.2, 0) is 24.3 Å². The van der Waals surface area contributed by atoms with Crippen LogP contribution in [0.15, 0.2) is 66.3 Å². The highest BCUT2D eigenvalue weighted by Crippen LogP contribution is 2.25. The zero-order valence-corrected chi connectivity index (χ0v) is 18.6. The monoisotopic (exact) mass is 433 g/mol. The van der Waals surface area contributed by atoms with Gasteiger partial charge in [0.1, 0.15) is 6.04 Å². The largest absolute Gasteiger partial charge is 0.332 e. The Labute approximate surface area is 187 Å². The van der Waals surface area contributed by atoms with Crippen LogP contribution in [0.4, 0.5) is 0 Å². The van der Waals surface area contributed by atoms with E-state index in [1.165, 1.54) is 16.9 Å². The lowest BCUT2D eigenvalue weighted by molar-refractivity contribution is -0.136. The molecule has 0 unspecified atom stereocenters. The summed E-state index contributed by atoms with van der Waals surface area (Å²) in [5, 5.41) is 1.90. The molecule has 3 aromatic rings. The molecule has 0 saturated carbocycles. The smallest absolute Gasteiger partial charge is 0.264 e. The molecule has 0 radical (unpaired) electrons. The zero-order chi connectivity index (χ0) is 21.6. The average molecular weight is 434 g/mol. The second kappa shape index (κ2) is 9.88. The van der Waals surface area contributed by atoms with Gasteiger partial charge in [0.25, 0.3) is 5.91 Å². The number of carbonyl (C=O) groups is 2. The molecule has 5 nitrogen and oxygen atoms in total. The molecule has 2 aromatic heterocycles.